The number of nitrogen functional groups attached to an aromatic ring is 1. The maximum absolute atomic E-state index is 8.82. The Kier molecular flexibility index (Phi) is 5.25. The summed E-state index contributed by atoms with van der Waals surface area (Å²) in [6, 6.07) is 16.8. The van der Waals surface area contributed by atoms with Crippen molar-refractivity contribution in [1.82, 2.24) is 15.0 Å². The predicted octanol–water partition coefficient (Wildman–Crippen LogP) is 3.21. The van der Waals surface area contributed by atoms with E-state index in [9.17, 15) is 0 Å². The summed E-state index contributed by atoms with van der Waals surface area (Å²) >= 11 is 0. The van der Waals surface area contributed by atoms with Crippen LogP contribution in [-0.4, -0.2) is 15.0 Å². The van der Waals surface area contributed by atoms with Gasteiger partial charge in [-0.1, -0.05) is 25.1 Å². The molecule has 1 heterocycles. The molecular formula is C19H18N6O. The van der Waals surface area contributed by atoms with Crippen molar-refractivity contribution in [2.24, 2.45) is 0 Å². The smallest absolute Gasteiger partial charge is 0.232 e. The summed E-state index contributed by atoms with van der Waals surface area (Å²) in [7, 11) is 0. The minimum atomic E-state index is 0.120. The standard InChI is InChI=1S/C19H18N6O/c1-2-14-5-3-4-6-16(14)22-19-24-17(23-18(21)25-19)12-26-15-9-7-13(11-20)8-10-15/h3-10H,2,12H2,1H3,(H3,21,22,23,24,25). The zero-order chi connectivity index (χ0) is 18.4. The molecule has 1 aromatic heterocycles. The molecule has 0 aliphatic carbocycles. The topological polar surface area (TPSA) is 110 Å². The second-order valence-electron chi connectivity index (χ2n) is 5.49. The molecular weight excluding hydrogens is 328 g/mol. The SMILES string of the molecule is CCc1ccccc1Nc1nc(N)nc(COc2ccc(C#N)cc2)n1. The van der Waals surface area contributed by atoms with E-state index in [0.29, 0.717) is 23.1 Å². The number of hydrogen-bond acceptors (Lipinski definition) is 7. The molecule has 130 valence electrons. The monoisotopic (exact) mass is 346 g/mol. The molecule has 0 aliphatic heterocycles. The number of anilines is 3. The van der Waals surface area contributed by atoms with Crippen LogP contribution in [0.5, 0.6) is 5.75 Å². The molecule has 0 atom stereocenters. The number of benzene rings is 2. The number of para-hydroxylation sites is 1. The van der Waals surface area contributed by atoms with Gasteiger partial charge < -0.3 is 15.8 Å². The highest BCUT2D eigenvalue weighted by atomic mass is 16.5. The molecule has 2 aromatic carbocycles. The molecule has 7 heteroatoms. The van der Waals surface area contributed by atoms with Gasteiger partial charge in [-0.2, -0.15) is 20.2 Å². The lowest BCUT2D eigenvalue weighted by Gasteiger charge is -2.11. The van der Waals surface area contributed by atoms with E-state index in [2.05, 4.69) is 33.3 Å². The van der Waals surface area contributed by atoms with Crippen molar-refractivity contribution in [3.8, 4) is 11.8 Å². The Morgan fingerprint density at radius 1 is 1.08 bits per heavy atom. The number of nitrogens with one attached hydrogen (secondary N) is 1. The van der Waals surface area contributed by atoms with Crippen LogP contribution in [0, 0.1) is 11.3 Å². The van der Waals surface area contributed by atoms with E-state index in [1.165, 1.54) is 0 Å². The number of aromatic nitrogens is 3. The van der Waals surface area contributed by atoms with Crippen molar-refractivity contribution in [3.63, 3.8) is 0 Å². The van der Waals surface area contributed by atoms with Crippen molar-refractivity contribution in [1.29, 1.82) is 5.26 Å². The van der Waals surface area contributed by atoms with E-state index in [-0.39, 0.29) is 12.6 Å². The van der Waals surface area contributed by atoms with Crippen LogP contribution in [0.2, 0.25) is 0 Å². The lowest BCUT2D eigenvalue weighted by molar-refractivity contribution is 0.296. The molecule has 3 rings (SSSR count). The van der Waals surface area contributed by atoms with E-state index < -0.39 is 0 Å². The number of ether oxygens (including phenoxy) is 1. The minimum Gasteiger partial charge on any atom is -0.486 e. The highest BCUT2D eigenvalue weighted by Gasteiger charge is 2.08. The molecule has 26 heavy (non-hydrogen) atoms. The molecule has 0 spiro atoms. The Balaban J connectivity index is 1.73. The van der Waals surface area contributed by atoms with Gasteiger partial charge in [0.25, 0.3) is 0 Å². The summed E-state index contributed by atoms with van der Waals surface area (Å²) < 4.78 is 5.65. The number of nitriles is 1. The Morgan fingerprint density at radius 3 is 2.58 bits per heavy atom. The number of nitrogens with zero attached hydrogens (tertiary/aromatic N) is 4. The molecule has 0 saturated heterocycles. The molecule has 7 nitrogen and oxygen atoms in total. The first-order valence-electron chi connectivity index (χ1n) is 8.16. The largest absolute Gasteiger partial charge is 0.486 e. The Labute approximate surface area is 151 Å². The third kappa shape index (κ3) is 4.24. The summed E-state index contributed by atoms with van der Waals surface area (Å²) in [6.45, 7) is 2.22. The van der Waals surface area contributed by atoms with Crippen molar-refractivity contribution in [2.45, 2.75) is 20.0 Å². The van der Waals surface area contributed by atoms with Crippen LogP contribution in [-0.2, 0) is 13.0 Å². The summed E-state index contributed by atoms with van der Waals surface area (Å²) in [5.74, 6) is 1.53. The molecule has 0 aliphatic rings. The fourth-order valence-electron chi connectivity index (χ4n) is 2.40. The third-order valence-electron chi connectivity index (χ3n) is 3.70. The predicted molar refractivity (Wildman–Crippen MR) is 98.8 cm³/mol. The Bertz CT molecular complexity index is 934. The molecule has 0 fully saturated rings. The van der Waals surface area contributed by atoms with Gasteiger partial charge in [-0.05, 0) is 42.3 Å². The van der Waals surface area contributed by atoms with Crippen molar-refractivity contribution >= 4 is 17.6 Å². The fourth-order valence-corrected chi connectivity index (χ4v) is 2.40. The van der Waals surface area contributed by atoms with Crippen molar-refractivity contribution in [2.75, 3.05) is 11.1 Å². The first-order valence-corrected chi connectivity index (χ1v) is 8.16. The molecule has 0 unspecified atom stereocenters. The van der Waals surface area contributed by atoms with E-state index in [1.807, 2.05) is 24.3 Å². The van der Waals surface area contributed by atoms with Gasteiger partial charge >= 0.3 is 0 Å². The average molecular weight is 346 g/mol. The Hall–Kier alpha value is -3.66. The Morgan fingerprint density at radius 2 is 1.85 bits per heavy atom. The van der Waals surface area contributed by atoms with Crippen LogP contribution in [0.1, 0.15) is 23.9 Å². The summed E-state index contributed by atoms with van der Waals surface area (Å²) in [5, 5.41) is 12.0. The van der Waals surface area contributed by atoms with Crippen molar-refractivity contribution in [3.05, 3.63) is 65.5 Å². The van der Waals surface area contributed by atoms with E-state index in [0.717, 1.165) is 17.7 Å². The number of aryl methyl sites for hydroxylation is 1. The van der Waals surface area contributed by atoms with E-state index >= 15 is 0 Å². The molecule has 3 N–H and O–H groups in total. The molecule has 3 aromatic rings. The van der Waals surface area contributed by atoms with Crippen LogP contribution in [0.25, 0.3) is 0 Å². The lowest BCUT2D eigenvalue weighted by Crippen LogP contribution is -2.10. The average Bonchev–Trinajstić information content (AvgIpc) is 2.67. The van der Waals surface area contributed by atoms with Crippen LogP contribution < -0.4 is 15.8 Å². The summed E-state index contributed by atoms with van der Waals surface area (Å²) in [5.41, 5.74) is 8.45. The zero-order valence-electron chi connectivity index (χ0n) is 14.3. The first-order chi connectivity index (χ1) is 12.7. The molecule has 0 amide bonds. The number of hydrogen-bond donors (Lipinski definition) is 2. The number of nitrogens with two attached hydrogens (primary N) is 1. The van der Waals surface area contributed by atoms with Crippen molar-refractivity contribution < 1.29 is 4.74 Å². The van der Waals surface area contributed by atoms with Gasteiger partial charge in [-0.3, -0.25) is 0 Å². The van der Waals surface area contributed by atoms with Gasteiger partial charge in [0.15, 0.2) is 5.82 Å². The summed E-state index contributed by atoms with van der Waals surface area (Å²) in [6.07, 6.45) is 0.887. The zero-order valence-corrected chi connectivity index (χ0v) is 14.3. The molecule has 0 bridgehead atoms. The van der Waals surface area contributed by atoms with E-state index in [1.54, 1.807) is 24.3 Å². The van der Waals surface area contributed by atoms with Gasteiger partial charge in [0.2, 0.25) is 11.9 Å². The van der Waals surface area contributed by atoms with E-state index in [4.69, 9.17) is 15.7 Å². The summed E-state index contributed by atoms with van der Waals surface area (Å²) in [4.78, 5) is 12.6. The highest BCUT2D eigenvalue weighted by Crippen LogP contribution is 2.20. The molecule has 0 saturated carbocycles. The van der Waals surface area contributed by atoms with Gasteiger partial charge in [0.1, 0.15) is 12.4 Å². The van der Waals surface area contributed by atoms with Gasteiger partial charge in [-0.15, -0.1) is 0 Å². The fraction of sp³-hybridized carbons (Fsp3) is 0.158. The van der Waals surface area contributed by atoms with Crippen LogP contribution >= 0.6 is 0 Å². The third-order valence-corrected chi connectivity index (χ3v) is 3.70. The maximum Gasteiger partial charge on any atom is 0.232 e. The normalized spacial score (nSPS) is 10.2. The highest BCUT2D eigenvalue weighted by molar-refractivity contribution is 5.58. The second kappa shape index (κ2) is 7.94. The second-order valence-corrected chi connectivity index (χ2v) is 5.49. The first kappa shape index (κ1) is 17.2. The van der Waals surface area contributed by atoms with Gasteiger partial charge in [0, 0.05) is 5.69 Å². The maximum atomic E-state index is 8.82. The van der Waals surface area contributed by atoms with Crippen LogP contribution in [0.3, 0.4) is 0 Å². The van der Waals surface area contributed by atoms with Gasteiger partial charge in [0.05, 0.1) is 11.6 Å². The van der Waals surface area contributed by atoms with Crippen LogP contribution in [0.4, 0.5) is 17.6 Å². The molecule has 0 radical (unpaired) electrons. The minimum absolute atomic E-state index is 0.120. The number of rotatable bonds is 6. The van der Waals surface area contributed by atoms with Crippen LogP contribution in [0.15, 0.2) is 48.5 Å². The lowest BCUT2D eigenvalue weighted by atomic mass is 10.1. The quantitative estimate of drug-likeness (QED) is 0.705. The van der Waals surface area contributed by atoms with Gasteiger partial charge in [-0.25, -0.2) is 0 Å².